The molecule has 0 amide bonds. The van der Waals surface area contributed by atoms with E-state index in [2.05, 4.69) is 37.1 Å². The molecule has 3 aromatic rings. The van der Waals surface area contributed by atoms with Gasteiger partial charge in [0.1, 0.15) is 17.1 Å². The molecule has 1 saturated carbocycles. The lowest BCUT2D eigenvalue weighted by Gasteiger charge is -2.08. The third-order valence-corrected chi connectivity index (χ3v) is 4.23. The van der Waals surface area contributed by atoms with Crippen molar-refractivity contribution in [1.29, 1.82) is 0 Å². The van der Waals surface area contributed by atoms with Gasteiger partial charge in [-0.05, 0) is 65.8 Å². The summed E-state index contributed by atoms with van der Waals surface area (Å²) in [5, 5.41) is 10.2. The van der Waals surface area contributed by atoms with Gasteiger partial charge in [0.05, 0.1) is 5.56 Å². The molecular weight excluding hydrogens is 365 g/mol. The first kappa shape index (κ1) is 12.1. The molecule has 4 rings (SSSR count). The average Bonchev–Trinajstić information content (AvgIpc) is 3.21. The molecule has 1 aliphatic rings. The van der Waals surface area contributed by atoms with Crippen LogP contribution in [0.3, 0.4) is 0 Å². The van der Waals surface area contributed by atoms with E-state index in [4.69, 9.17) is 0 Å². The number of imidazole rings is 1. The van der Waals surface area contributed by atoms with E-state index in [-0.39, 0.29) is 5.75 Å². The Kier molecular flexibility index (Phi) is 2.70. The van der Waals surface area contributed by atoms with Crippen molar-refractivity contribution < 1.29 is 5.11 Å². The van der Waals surface area contributed by atoms with Gasteiger partial charge in [-0.25, -0.2) is 9.97 Å². The second-order valence-corrected chi connectivity index (χ2v) is 6.29. The van der Waals surface area contributed by atoms with Crippen LogP contribution in [0.25, 0.3) is 22.6 Å². The Hall–Kier alpha value is -1.63. The summed E-state index contributed by atoms with van der Waals surface area (Å²) in [6.45, 7) is 0. The van der Waals surface area contributed by atoms with E-state index in [1.807, 2.05) is 24.3 Å². The highest BCUT2D eigenvalue weighted by molar-refractivity contribution is 14.1. The second kappa shape index (κ2) is 4.44. The lowest BCUT2D eigenvalue weighted by Crippen LogP contribution is -1.99. The first-order valence-corrected chi connectivity index (χ1v) is 7.64. The van der Waals surface area contributed by atoms with Crippen molar-refractivity contribution in [2.75, 3.05) is 0 Å². The van der Waals surface area contributed by atoms with E-state index >= 15 is 0 Å². The van der Waals surface area contributed by atoms with E-state index in [0.717, 1.165) is 39.0 Å². The monoisotopic (exact) mass is 377 g/mol. The minimum Gasteiger partial charge on any atom is -0.507 e. The fraction of sp³-hybridized carbons (Fsp3) is 0.200. The molecule has 5 heteroatoms. The molecule has 0 bridgehead atoms. The molecular formula is C15H12IN3O. The van der Waals surface area contributed by atoms with Gasteiger partial charge in [0.2, 0.25) is 0 Å². The summed E-state index contributed by atoms with van der Waals surface area (Å²) in [6, 6.07) is 9.90. The predicted octanol–water partition coefficient (Wildman–Crippen LogP) is 3.74. The van der Waals surface area contributed by atoms with E-state index in [9.17, 15) is 5.11 Å². The Morgan fingerprint density at radius 2 is 2.10 bits per heavy atom. The normalized spacial score (nSPS) is 14.8. The van der Waals surface area contributed by atoms with Gasteiger partial charge in [-0.1, -0.05) is 0 Å². The molecule has 0 aliphatic heterocycles. The first-order valence-electron chi connectivity index (χ1n) is 6.56. The molecule has 1 N–H and O–H groups in total. The van der Waals surface area contributed by atoms with Crippen molar-refractivity contribution in [2.45, 2.75) is 18.9 Å². The number of hydrogen-bond acceptors (Lipinski definition) is 3. The van der Waals surface area contributed by atoms with Crippen LogP contribution in [0.5, 0.6) is 5.75 Å². The van der Waals surface area contributed by atoms with Crippen LogP contribution in [-0.4, -0.2) is 19.6 Å². The lowest BCUT2D eigenvalue weighted by atomic mass is 10.2. The predicted molar refractivity (Wildman–Crippen MR) is 85.6 cm³/mol. The summed E-state index contributed by atoms with van der Waals surface area (Å²) in [7, 11) is 0. The Labute approximate surface area is 129 Å². The molecule has 20 heavy (non-hydrogen) atoms. The largest absolute Gasteiger partial charge is 0.507 e. The van der Waals surface area contributed by atoms with E-state index in [0.29, 0.717) is 6.04 Å². The Bertz CT molecular complexity index is 808. The van der Waals surface area contributed by atoms with Crippen molar-refractivity contribution in [3.63, 3.8) is 0 Å². The lowest BCUT2D eigenvalue weighted by molar-refractivity contribution is 0.476. The zero-order valence-electron chi connectivity index (χ0n) is 10.6. The minimum absolute atomic E-state index is 0.266. The van der Waals surface area contributed by atoms with Crippen LogP contribution in [-0.2, 0) is 0 Å². The number of benzene rings is 1. The summed E-state index contributed by atoms with van der Waals surface area (Å²) in [6.07, 6.45) is 4.10. The van der Waals surface area contributed by atoms with E-state index in [1.54, 1.807) is 12.3 Å². The number of nitrogens with zero attached hydrogens (tertiary/aromatic N) is 3. The number of fused-ring (bicyclic) bond motifs is 1. The maximum Gasteiger partial charge on any atom is 0.160 e. The minimum atomic E-state index is 0.266. The van der Waals surface area contributed by atoms with Crippen molar-refractivity contribution in [1.82, 2.24) is 14.5 Å². The van der Waals surface area contributed by atoms with Crippen molar-refractivity contribution in [3.05, 3.63) is 40.1 Å². The molecule has 0 atom stereocenters. The standard InChI is InChI=1S/C15H12IN3O/c16-9-3-6-13(20)11(8-9)14-18-12-2-1-7-17-15(12)19(14)10-4-5-10/h1-3,6-8,10,20H,4-5H2. The molecule has 1 aromatic carbocycles. The Morgan fingerprint density at radius 1 is 1.25 bits per heavy atom. The van der Waals surface area contributed by atoms with Gasteiger partial charge in [0, 0.05) is 15.8 Å². The third kappa shape index (κ3) is 1.88. The summed E-state index contributed by atoms with van der Waals surface area (Å²) in [4.78, 5) is 9.14. The van der Waals surface area contributed by atoms with Crippen LogP contribution >= 0.6 is 22.6 Å². The van der Waals surface area contributed by atoms with Gasteiger partial charge in [-0.2, -0.15) is 0 Å². The SMILES string of the molecule is Oc1ccc(I)cc1-c1nc2cccnc2n1C1CC1. The number of phenols is 1. The van der Waals surface area contributed by atoms with Crippen LogP contribution in [0, 0.1) is 3.57 Å². The number of aromatic nitrogens is 3. The van der Waals surface area contributed by atoms with Crippen LogP contribution in [0.15, 0.2) is 36.5 Å². The summed E-state index contributed by atoms with van der Waals surface area (Å²) in [5.74, 6) is 1.08. The molecule has 1 aliphatic carbocycles. The molecule has 0 saturated heterocycles. The fourth-order valence-corrected chi connectivity index (χ4v) is 2.98. The molecule has 100 valence electrons. The number of pyridine rings is 1. The zero-order valence-corrected chi connectivity index (χ0v) is 12.8. The molecule has 0 unspecified atom stereocenters. The summed E-state index contributed by atoms with van der Waals surface area (Å²) in [5.41, 5.74) is 2.57. The van der Waals surface area contributed by atoms with E-state index in [1.165, 1.54) is 0 Å². The topological polar surface area (TPSA) is 50.9 Å². The van der Waals surface area contributed by atoms with Crippen molar-refractivity contribution in [3.8, 4) is 17.1 Å². The quantitative estimate of drug-likeness (QED) is 0.693. The maximum atomic E-state index is 10.2. The van der Waals surface area contributed by atoms with Crippen LogP contribution in [0.4, 0.5) is 0 Å². The van der Waals surface area contributed by atoms with E-state index < -0.39 is 0 Å². The highest BCUT2D eigenvalue weighted by Crippen LogP contribution is 2.42. The van der Waals surface area contributed by atoms with Gasteiger partial charge in [0.15, 0.2) is 5.65 Å². The molecule has 2 heterocycles. The van der Waals surface area contributed by atoms with Crippen LogP contribution in [0.1, 0.15) is 18.9 Å². The van der Waals surface area contributed by atoms with Crippen LogP contribution < -0.4 is 0 Å². The highest BCUT2D eigenvalue weighted by atomic mass is 127. The molecule has 4 nitrogen and oxygen atoms in total. The maximum absolute atomic E-state index is 10.2. The fourth-order valence-electron chi connectivity index (χ4n) is 2.49. The zero-order chi connectivity index (χ0) is 13.7. The molecule has 0 radical (unpaired) electrons. The Balaban J connectivity index is 2.03. The highest BCUT2D eigenvalue weighted by Gasteiger charge is 2.30. The van der Waals surface area contributed by atoms with Gasteiger partial charge in [-0.3, -0.25) is 0 Å². The number of aromatic hydroxyl groups is 1. The molecule has 2 aromatic heterocycles. The van der Waals surface area contributed by atoms with Gasteiger partial charge >= 0.3 is 0 Å². The van der Waals surface area contributed by atoms with Gasteiger partial charge in [-0.15, -0.1) is 0 Å². The molecule has 0 spiro atoms. The number of rotatable bonds is 2. The summed E-state index contributed by atoms with van der Waals surface area (Å²) >= 11 is 2.25. The second-order valence-electron chi connectivity index (χ2n) is 5.04. The van der Waals surface area contributed by atoms with Gasteiger partial charge in [0.25, 0.3) is 0 Å². The molecule has 1 fully saturated rings. The number of phenolic OH excluding ortho intramolecular Hbond substituents is 1. The third-order valence-electron chi connectivity index (χ3n) is 3.56. The van der Waals surface area contributed by atoms with Crippen LogP contribution in [0.2, 0.25) is 0 Å². The number of hydrogen-bond donors (Lipinski definition) is 1. The van der Waals surface area contributed by atoms with Gasteiger partial charge < -0.3 is 9.67 Å². The first-order chi connectivity index (χ1) is 9.74. The van der Waals surface area contributed by atoms with Crippen molar-refractivity contribution in [2.24, 2.45) is 0 Å². The summed E-state index contributed by atoms with van der Waals surface area (Å²) < 4.78 is 3.25. The smallest absolute Gasteiger partial charge is 0.160 e. The number of halogens is 1. The van der Waals surface area contributed by atoms with Crippen molar-refractivity contribution >= 4 is 33.8 Å². The average molecular weight is 377 g/mol. The Morgan fingerprint density at radius 3 is 2.90 bits per heavy atom.